The molecule has 14 heavy (non-hydrogen) atoms. The first-order valence-corrected chi connectivity index (χ1v) is 6.71. The Labute approximate surface area is 97.0 Å². The van der Waals surface area contributed by atoms with Gasteiger partial charge in [0.25, 0.3) is 0 Å². The molecule has 4 heteroatoms. The summed E-state index contributed by atoms with van der Waals surface area (Å²) < 4.78 is 1.10. The average Bonchev–Trinajstić information content (AvgIpc) is 2.69. The van der Waals surface area contributed by atoms with Gasteiger partial charge in [0.1, 0.15) is 0 Å². The molecule has 1 aromatic heterocycles. The summed E-state index contributed by atoms with van der Waals surface area (Å²) in [4.78, 5) is 4.32. The Morgan fingerprint density at radius 3 is 3.29 bits per heavy atom. The Morgan fingerprint density at radius 1 is 1.64 bits per heavy atom. The molecule has 0 aromatic carbocycles. The Hall–Kier alpha value is -0.0600. The van der Waals surface area contributed by atoms with Crippen molar-refractivity contribution in [1.82, 2.24) is 10.3 Å². The van der Waals surface area contributed by atoms with Gasteiger partial charge in [0.05, 0.1) is 5.69 Å². The van der Waals surface area contributed by atoms with E-state index < -0.39 is 0 Å². The molecule has 0 amide bonds. The van der Waals surface area contributed by atoms with Crippen molar-refractivity contribution in [2.24, 2.45) is 0 Å². The zero-order valence-corrected chi connectivity index (χ0v) is 10.3. The van der Waals surface area contributed by atoms with Crippen LogP contribution in [0.4, 0.5) is 0 Å². The van der Waals surface area contributed by atoms with Gasteiger partial charge in [0.2, 0.25) is 0 Å². The molecule has 1 unspecified atom stereocenters. The standard InChI is InChI=1S/C10H13BrN2S/c11-9-2-1-4-12-10(9)6-13-8-3-5-14-7-8/h1-2,4,8,13H,3,5-7H2. The van der Waals surface area contributed by atoms with E-state index in [-0.39, 0.29) is 0 Å². The van der Waals surface area contributed by atoms with Crippen LogP contribution >= 0.6 is 27.7 Å². The molecule has 0 bridgehead atoms. The van der Waals surface area contributed by atoms with Crippen molar-refractivity contribution in [2.75, 3.05) is 11.5 Å². The number of hydrogen-bond donors (Lipinski definition) is 1. The minimum absolute atomic E-state index is 0.675. The Bertz CT molecular complexity index is 300. The van der Waals surface area contributed by atoms with Gasteiger partial charge in [0, 0.05) is 29.0 Å². The molecular formula is C10H13BrN2S. The lowest BCUT2D eigenvalue weighted by Gasteiger charge is -2.11. The summed E-state index contributed by atoms with van der Waals surface area (Å²) in [5.74, 6) is 2.53. The van der Waals surface area contributed by atoms with Crippen molar-refractivity contribution in [3.8, 4) is 0 Å². The minimum atomic E-state index is 0.675. The third-order valence-electron chi connectivity index (χ3n) is 2.32. The van der Waals surface area contributed by atoms with Gasteiger partial charge in [-0.15, -0.1) is 0 Å². The van der Waals surface area contributed by atoms with E-state index in [1.807, 2.05) is 30.1 Å². The van der Waals surface area contributed by atoms with E-state index in [0.717, 1.165) is 16.7 Å². The molecule has 1 aromatic rings. The summed E-state index contributed by atoms with van der Waals surface area (Å²) >= 11 is 5.53. The molecule has 0 radical (unpaired) electrons. The first-order valence-electron chi connectivity index (χ1n) is 4.77. The fraction of sp³-hybridized carbons (Fsp3) is 0.500. The molecule has 2 heterocycles. The molecule has 2 nitrogen and oxygen atoms in total. The van der Waals surface area contributed by atoms with Crippen molar-refractivity contribution < 1.29 is 0 Å². The van der Waals surface area contributed by atoms with E-state index in [2.05, 4.69) is 26.2 Å². The van der Waals surface area contributed by atoms with Crippen LogP contribution in [0.1, 0.15) is 12.1 Å². The molecule has 2 rings (SSSR count). The van der Waals surface area contributed by atoms with Gasteiger partial charge < -0.3 is 5.32 Å². The number of nitrogens with one attached hydrogen (secondary N) is 1. The van der Waals surface area contributed by atoms with Crippen LogP contribution in [0.2, 0.25) is 0 Å². The lowest BCUT2D eigenvalue weighted by atomic mass is 10.2. The zero-order chi connectivity index (χ0) is 9.80. The predicted molar refractivity (Wildman–Crippen MR) is 64.5 cm³/mol. The quantitative estimate of drug-likeness (QED) is 0.915. The summed E-state index contributed by atoms with van der Waals surface area (Å²) in [5, 5.41) is 3.53. The number of hydrogen-bond acceptors (Lipinski definition) is 3. The summed E-state index contributed by atoms with van der Waals surface area (Å²) in [6.07, 6.45) is 3.13. The van der Waals surface area contributed by atoms with Gasteiger partial charge in [-0.25, -0.2) is 0 Å². The minimum Gasteiger partial charge on any atom is -0.307 e. The van der Waals surface area contributed by atoms with Crippen LogP contribution in [0, 0.1) is 0 Å². The predicted octanol–water partition coefficient (Wildman–Crippen LogP) is 2.44. The second kappa shape index (κ2) is 5.14. The summed E-state index contributed by atoms with van der Waals surface area (Å²) in [7, 11) is 0. The number of halogens is 1. The molecule has 0 spiro atoms. The first kappa shape index (κ1) is 10.5. The number of thioether (sulfide) groups is 1. The molecule has 0 saturated carbocycles. The highest BCUT2D eigenvalue weighted by atomic mass is 79.9. The van der Waals surface area contributed by atoms with Crippen LogP contribution in [0.25, 0.3) is 0 Å². The van der Waals surface area contributed by atoms with Crippen molar-refractivity contribution in [2.45, 2.75) is 19.0 Å². The largest absolute Gasteiger partial charge is 0.307 e. The van der Waals surface area contributed by atoms with E-state index in [1.54, 1.807) is 0 Å². The molecule has 1 aliphatic heterocycles. The van der Waals surface area contributed by atoms with E-state index >= 15 is 0 Å². The van der Waals surface area contributed by atoms with Crippen molar-refractivity contribution in [3.05, 3.63) is 28.5 Å². The Morgan fingerprint density at radius 2 is 2.57 bits per heavy atom. The monoisotopic (exact) mass is 272 g/mol. The van der Waals surface area contributed by atoms with Crippen molar-refractivity contribution in [1.29, 1.82) is 0 Å². The van der Waals surface area contributed by atoms with Gasteiger partial charge in [-0.1, -0.05) is 0 Å². The zero-order valence-electron chi connectivity index (χ0n) is 7.87. The maximum Gasteiger partial charge on any atom is 0.0683 e. The summed E-state index contributed by atoms with van der Waals surface area (Å²) in [5.41, 5.74) is 1.10. The fourth-order valence-corrected chi connectivity index (χ4v) is 3.07. The van der Waals surface area contributed by atoms with Crippen LogP contribution < -0.4 is 5.32 Å². The normalized spacial score (nSPS) is 21.4. The third-order valence-corrected chi connectivity index (χ3v) is 4.21. The second-order valence-electron chi connectivity index (χ2n) is 3.37. The van der Waals surface area contributed by atoms with Gasteiger partial charge in [-0.2, -0.15) is 11.8 Å². The number of rotatable bonds is 3. The van der Waals surface area contributed by atoms with Crippen LogP contribution in [-0.2, 0) is 6.54 Å². The van der Waals surface area contributed by atoms with E-state index in [1.165, 1.54) is 17.9 Å². The van der Waals surface area contributed by atoms with Crippen molar-refractivity contribution in [3.63, 3.8) is 0 Å². The molecule has 1 aliphatic rings. The average molecular weight is 273 g/mol. The topological polar surface area (TPSA) is 24.9 Å². The van der Waals surface area contributed by atoms with Crippen LogP contribution in [0.15, 0.2) is 22.8 Å². The molecule has 1 N–H and O–H groups in total. The van der Waals surface area contributed by atoms with Crippen LogP contribution in [0.3, 0.4) is 0 Å². The number of pyridine rings is 1. The van der Waals surface area contributed by atoms with E-state index in [4.69, 9.17) is 0 Å². The lowest BCUT2D eigenvalue weighted by molar-refractivity contribution is 0.551. The van der Waals surface area contributed by atoms with Gasteiger partial charge >= 0.3 is 0 Å². The molecule has 1 atom stereocenters. The Balaban J connectivity index is 1.88. The molecular weight excluding hydrogens is 260 g/mol. The van der Waals surface area contributed by atoms with E-state index in [9.17, 15) is 0 Å². The Kier molecular flexibility index (Phi) is 3.84. The lowest BCUT2D eigenvalue weighted by Crippen LogP contribution is -2.28. The van der Waals surface area contributed by atoms with E-state index in [0.29, 0.717) is 6.04 Å². The highest BCUT2D eigenvalue weighted by Gasteiger charge is 2.14. The molecule has 0 aliphatic carbocycles. The van der Waals surface area contributed by atoms with Crippen LogP contribution in [-0.4, -0.2) is 22.5 Å². The fourth-order valence-electron chi connectivity index (χ4n) is 1.48. The number of aromatic nitrogens is 1. The highest BCUT2D eigenvalue weighted by Crippen LogP contribution is 2.18. The smallest absolute Gasteiger partial charge is 0.0683 e. The molecule has 76 valence electrons. The SMILES string of the molecule is Brc1cccnc1CNC1CCSC1. The van der Waals surface area contributed by atoms with Crippen LogP contribution in [0.5, 0.6) is 0 Å². The van der Waals surface area contributed by atoms with Gasteiger partial charge in [0.15, 0.2) is 0 Å². The van der Waals surface area contributed by atoms with Gasteiger partial charge in [-0.3, -0.25) is 4.98 Å². The molecule has 1 saturated heterocycles. The van der Waals surface area contributed by atoms with Gasteiger partial charge in [-0.05, 0) is 40.2 Å². The maximum atomic E-state index is 4.32. The highest BCUT2D eigenvalue weighted by molar-refractivity contribution is 9.10. The van der Waals surface area contributed by atoms with Crippen molar-refractivity contribution >= 4 is 27.7 Å². The molecule has 1 fully saturated rings. The second-order valence-corrected chi connectivity index (χ2v) is 5.38. The summed E-state index contributed by atoms with van der Waals surface area (Å²) in [6.45, 7) is 0.868. The number of nitrogens with zero attached hydrogens (tertiary/aromatic N) is 1. The first-order chi connectivity index (χ1) is 6.86. The third kappa shape index (κ3) is 2.72. The maximum absolute atomic E-state index is 4.32. The summed E-state index contributed by atoms with van der Waals surface area (Å²) in [6, 6.07) is 4.65.